The molecule has 0 aliphatic carbocycles. The van der Waals surface area contributed by atoms with E-state index in [1.807, 2.05) is 30.3 Å². The van der Waals surface area contributed by atoms with Gasteiger partial charge in [-0.2, -0.15) is 5.26 Å². The molecule has 1 unspecified atom stereocenters. The van der Waals surface area contributed by atoms with E-state index >= 15 is 0 Å². The largest absolute Gasteiger partial charge is 0.494 e. The summed E-state index contributed by atoms with van der Waals surface area (Å²) in [5, 5.41) is 12.1. The molecule has 0 saturated carbocycles. The van der Waals surface area contributed by atoms with Crippen molar-refractivity contribution in [3.05, 3.63) is 48.0 Å². The summed E-state index contributed by atoms with van der Waals surface area (Å²) in [5.41, 5.74) is 2.11. The van der Waals surface area contributed by atoms with Crippen LogP contribution in [0.4, 0.5) is 11.4 Å². The van der Waals surface area contributed by atoms with E-state index in [-0.39, 0.29) is 5.91 Å². The number of aliphatic imine (C=N–C) groups is 1. The number of carbonyl (C=O) groups is 1. The number of nitrogens with zero attached hydrogens (tertiary/aromatic N) is 2. The number of carbonyl (C=O) groups excluding carboxylic acids is 1. The molecule has 26 heavy (non-hydrogen) atoms. The van der Waals surface area contributed by atoms with Crippen LogP contribution in [0.25, 0.3) is 0 Å². The molecule has 2 aromatic rings. The molecule has 0 spiro atoms. The predicted molar refractivity (Wildman–Crippen MR) is 101 cm³/mol. The number of methoxy groups -OCH3 is 2. The number of nitrogens with one attached hydrogen (secondary N) is 1. The van der Waals surface area contributed by atoms with Crippen LogP contribution in [0.5, 0.6) is 11.5 Å². The number of anilines is 1. The van der Waals surface area contributed by atoms with Crippen LogP contribution in [0.15, 0.2) is 47.5 Å². The number of hydrogen-bond acceptors (Lipinski definition) is 5. The van der Waals surface area contributed by atoms with Crippen LogP contribution in [0.1, 0.15) is 12.5 Å². The Morgan fingerprint density at radius 1 is 1.23 bits per heavy atom. The number of para-hydroxylation sites is 1. The van der Waals surface area contributed by atoms with E-state index in [1.54, 1.807) is 18.3 Å². The number of benzene rings is 2. The monoisotopic (exact) mass is 351 g/mol. The van der Waals surface area contributed by atoms with E-state index in [2.05, 4.69) is 16.4 Å². The van der Waals surface area contributed by atoms with Crippen molar-refractivity contribution in [1.82, 2.24) is 0 Å². The topological polar surface area (TPSA) is 83.7 Å². The number of nitriles is 1. The van der Waals surface area contributed by atoms with Gasteiger partial charge in [-0.05, 0) is 36.2 Å². The van der Waals surface area contributed by atoms with Crippen molar-refractivity contribution in [3.8, 4) is 17.6 Å². The Hall–Kier alpha value is -3.33. The molecule has 1 atom stereocenters. The highest BCUT2D eigenvalue weighted by Gasteiger charge is 2.16. The summed E-state index contributed by atoms with van der Waals surface area (Å²) >= 11 is 0. The zero-order valence-electron chi connectivity index (χ0n) is 15.0. The highest BCUT2D eigenvalue weighted by atomic mass is 16.5. The summed E-state index contributed by atoms with van der Waals surface area (Å²) < 4.78 is 10.7. The van der Waals surface area contributed by atoms with Gasteiger partial charge < -0.3 is 14.8 Å². The van der Waals surface area contributed by atoms with Gasteiger partial charge in [0.25, 0.3) is 0 Å². The molecule has 1 amide bonds. The second-order valence-corrected chi connectivity index (χ2v) is 5.61. The summed E-state index contributed by atoms with van der Waals surface area (Å²) in [4.78, 5) is 15.7. The first-order valence-corrected chi connectivity index (χ1v) is 8.08. The molecule has 0 bridgehead atoms. The Labute approximate surface area is 153 Å². The van der Waals surface area contributed by atoms with Crippen LogP contribution in [-0.2, 0) is 11.2 Å². The minimum atomic E-state index is -0.406. The number of ether oxygens (including phenoxy) is 2. The van der Waals surface area contributed by atoms with E-state index in [4.69, 9.17) is 9.47 Å². The third-order valence-corrected chi connectivity index (χ3v) is 3.65. The third kappa shape index (κ3) is 5.08. The molecule has 0 aliphatic rings. The standard InChI is InChI=1S/C20H21N3O3/c1-14(24)23-20-18(25-2)10-15(11-19(20)26-3)9-16(12-21)13-22-17-7-5-4-6-8-17/h4-8,10-11,13,16H,9H2,1-3H3,(H,23,24). The Kier molecular flexibility index (Phi) is 6.75. The van der Waals surface area contributed by atoms with Crippen LogP contribution < -0.4 is 14.8 Å². The molecule has 0 saturated heterocycles. The van der Waals surface area contributed by atoms with E-state index < -0.39 is 5.92 Å². The van der Waals surface area contributed by atoms with E-state index in [0.717, 1.165) is 11.3 Å². The summed E-state index contributed by atoms with van der Waals surface area (Å²) in [7, 11) is 3.03. The minimum absolute atomic E-state index is 0.223. The van der Waals surface area contributed by atoms with Gasteiger partial charge >= 0.3 is 0 Å². The number of rotatable bonds is 7. The van der Waals surface area contributed by atoms with E-state index in [9.17, 15) is 10.1 Å². The quantitative estimate of drug-likeness (QED) is 0.770. The fourth-order valence-electron chi connectivity index (χ4n) is 2.46. The summed E-state index contributed by atoms with van der Waals surface area (Å²) in [6.45, 7) is 1.42. The molecule has 2 aromatic carbocycles. The molecule has 0 aliphatic heterocycles. The molecule has 1 N–H and O–H groups in total. The molecule has 0 aromatic heterocycles. The lowest BCUT2D eigenvalue weighted by Gasteiger charge is -2.16. The van der Waals surface area contributed by atoms with Gasteiger partial charge in [-0.15, -0.1) is 0 Å². The van der Waals surface area contributed by atoms with Crippen molar-refractivity contribution in [1.29, 1.82) is 5.26 Å². The Bertz CT molecular complexity index is 801. The average molecular weight is 351 g/mol. The van der Waals surface area contributed by atoms with Crippen molar-refractivity contribution >= 4 is 23.5 Å². The van der Waals surface area contributed by atoms with Crippen molar-refractivity contribution in [2.75, 3.05) is 19.5 Å². The van der Waals surface area contributed by atoms with Crippen LogP contribution in [0.3, 0.4) is 0 Å². The van der Waals surface area contributed by atoms with Gasteiger partial charge in [0.15, 0.2) is 0 Å². The van der Waals surface area contributed by atoms with Crippen LogP contribution in [0.2, 0.25) is 0 Å². The molecular weight excluding hydrogens is 330 g/mol. The molecule has 0 radical (unpaired) electrons. The molecule has 6 heteroatoms. The van der Waals surface area contributed by atoms with Gasteiger partial charge in [-0.3, -0.25) is 9.79 Å². The first kappa shape index (κ1) is 19.0. The lowest BCUT2D eigenvalue weighted by atomic mass is 10.0. The van der Waals surface area contributed by atoms with Crippen LogP contribution in [0, 0.1) is 17.2 Å². The smallest absolute Gasteiger partial charge is 0.221 e. The van der Waals surface area contributed by atoms with Crippen molar-refractivity contribution in [3.63, 3.8) is 0 Å². The van der Waals surface area contributed by atoms with Crippen molar-refractivity contribution < 1.29 is 14.3 Å². The lowest BCUT2D eigenvalue weighted by molar-refractivity contribution is -0.114. The molecule has 0 heterocycles. The highest BCUT2D eigenvalue weighted by molar-refractivity contribution is 5.92. The Morgan fingerprint density at radius 2 is 1.85 bits per heavy atom. The fourth-order valence-corrected chi connectivity index (χ4v) is 2.46. The summed E-state index contributed by atoms with van der Waals surface area (Å²) in [5.74, 6) is 0.327. The third-order valence-electron chi connectivity index (χ3n) is 3.65. The van der Waals surface area contributed by atoms with Crippen molar-refractivity contribution in [2.45, 2.75) is 13.3 Å². The predicted octanol–water partition coefficient (Wildman–Crippen LogP) is 3.75. The molecular formula is C20H21N3O3. The summed E-state index contributed by atoms with van der Waals surface area (Å²) in [6, 6.07) is 15.3. The first-order valence-electron chi connectivity index (χ1n) is 8.08. The maximum atomic E-state index is 11.4. The van der Waals surface area contributed by atoms with Gasteiger partial charge in [0.1, 0.15) is 17.2 Å². The second-order valence-electron chi connectivity index (χ2n) is 5.61. The average Bonchev–Trinajstić information content (AvgIpc) is 2.66. The number of amides is 1. The lowest BCUT2D eigenvalue weighted by Crippen LogP contribution is -2.10. The molecule has 134 valence electrons. The summed E-state index contributed by atoms with van der Waals surface area (Å²) in [6.07, 6.45) is 2.08. The Morgan fingerprint density at radius 3 is 2.35 bits per heavy atom. The maximum Gasteiger partial charge on any atom is 0.221 e. The van der Waals surface area contributed by atoms with Crippen LogP contribution in [-0.4, -0.2) is 26.3 Å². The van der Waals surface area contributed by atoms with Gasteiger partial charge in [-0.25, -0.2) is 0 Å². The zero-order chi connectivity index (χ0) is 18.9. The van der Waals surface area contributed by atoms with E-state index in [0.29, 0.717) is 23.6 Å². The molecule has 0 fully saturated rings. The second kappa shape index (κ2) is 9.23. The van der Waals surface area contributed by atoms with Gasteiger partial charge in [-0.1, -0.05) is 18.2 Å². The van der Waals surface area contributed by atoms with Gasteiger partial charge in [0.05, 0.1) is 31.9 Å². The molecule has 6 nitrogen and oxygen atoms in total. The highest BCUT2D eigenvalue weighted by Crippen LogP contribution is 2.36. The molecule has 2 rings (SSSR count). The fraction of sp³-hybridized carbons (Fsp3) is 0.250. The van der Waals surface area contributed by atoms with Crippen LogP contribution >= 0.6 is 0 Å². The minimum Gasteiger partial charge on any atom is -0.494 e. The van der Waals surface area contributed by atoms with Crippen molar-refractivity contribution in [2.24, 2.45) is 10.9 Å². The SMILES string of the molecule is COc1cc(CC(C#N)C=Nc2ccccc2)cc(OC)c1NC(C)=O. The zero-order valence-corrected chi connectivity index (χ0v) is 15.0. The number of hydrogen-bond donors (Lipinski definition) is 1. The normalized spacial score (nSPS) is 11.6. The van der Waals surface area contributed by atoms with E-state index in [1.165, 1.54) is 21.1 Å². The Balaban J connectivity index is 2.25. The first-order chi connectivity index (χ1) is 12.6. The van der Waals surface area contributed by atoms with Gasteiger partial charge in [0, 0.05) is 13.1 Å². The van der Waals surface area contributed by atoms with Gasteiger partial charge in [0.2, 0.25) is 5.91 Å². The maximum absolute atomic E-state index is 11.4.